The van der Waals surface area contributed by atoms with Crippen molar-refractivity contribution in [3.8, 4) is 16.6 Å². The smallest absolute Gasteiger partial charge is 0.334 e. The molecule has 2 aromatic rings. The number of carbonyl (C=O) groups is 1. The minimum absolute atomic E-state index is 0.157. The van der Waals surface area contributed by atoms with Gasteiger partial charge in [0, 0.05) is 18.8 Å². The molecule has 2 amide bonds. The van der Waals surface area contributed by atoms with Crippen LogP contribution in [0.3, 0.4) is 0 Å². The monoisotopic (exact) mass is 318 g/mol. The Balaban J connectivity index is 2.37. The van der Waals surface area contributed by atoms with Crippen molar-refractivity contribution in [1.82, 2.24) is 20.7 Å². The van der Waals surface area contributed by atoms with E-state index in [4.69, 9.17) is 5.26 Å². The molecule has 0 aromatic carbocycles. The standard InChI is InChI=1S/C13H11FN6OS/c1-7(19-20-13(21)16-2)11-10(4-15)18-12(22-11)8-3-9(14)6-17-5-8/h3,5-6H,1-2H3,(H2,16,20,21). The zero-order valence-electron chi connectivity index (χ0n) is 11.7. The molecule has 0 saturated heterocycles. The molecule has 112 valence electrons. The number of thiazole rings is 1. The van der Waals surface area contributed by atoms with E-state index >= 15 is 0 Å². The Hall–Kier alpha value is -2.86. The van der Waals surface area contributed by atoms with Crippen LogP contribution in [-0.2, 0) is 0 Å². The minimum Gasteiger partial charge on any atom is -0.340 e. The highest BCUT2D eigenvalue weighted by Gasteiger charge is 2.15. The molecule has 2 N–H and O–H groups in total. The van der Waals surface area contributed by atoms with Crippen LogP contribution >= 0.6 is 11.3 Å². The molecule has 0 aliphatic heterocycles. The highest BCUT2D eigenvalue weighted by molar-refractivity contribution is 7.17. The van der Waals surface area contributed by atoms with Crippen LogP contribution in [-0.4, -0.2) is 28.8 Å². The first-order chi connectivity index (χ1) is 10.5. The molecule has 0 atom stereocenters. The third-order valence-corrected chi connectivity index (χ3v) is 3.78. The summed E-state index contributed by atoms with van der Waals surface area (Å²) < 4.78 is 13.2. The van der Waals surface area contributed by atoms with Crippen LogP contribution in [0.15, 0.2) is 23.6 Å². The van der Waals surface area contributed by atoms with Gasteiger partial charge >= 0.3 is 6.03 Å². The number of pyridine rings is 1. The zero-order valence-corrected chi connectivity index (χ0v) is 12.5. The van der Waals surface area contributed by atoms with E-state index in [9.17, 15) is 9.18 Å². The molecule has 22 heavy (non-hydrogen) atoms. The maximum atomic E-state index is 13.2. The normalized spacial score (nSPS) is 10.9. The Labute approximate surface area is 129 Å². The number of nitriles is 1. The highest BCUT2D eigenvalue weighted by Crippen LogP contribution is 2.28. The average molecular weight is 318 g/mol. The van der Waals surface area contributed by atoms with Gasteiger partial charge < -0.3 is 5.32 Å². The molecule has 0 fully saturated rings. The molecule has 2 rings (SSSR count). The summed E-state index contributed by atoms with van der Waals surface area (Å²) in [5.74, 6) is -0.487. The largest absolute Gasteiger partial charge is 0.340 e. The lowest BCUT2D eigenvalue weighted by Crippen LogP contribution is -2.29. The number of aromatic nitrogens is 2. The second-order valence-corrected chi connectivity index (χ2v) is 5.09. The average Bonchev–Trinajstić information content (AvgIpc) is 2.96. The summed E-state index contributed by atoms with van der Waals surface area (Å²) in [6.07, 6.45) is 2.55. The zero-order chi connectivity index (χ0) is 16.1. The van der Waals surface area contributed by atoms with Crippen LogP contribution in [0.1, 0.15) is 17.5 Å². The number of nitrogens with zero attached hydrogens (tertiary/aromatic N) is 4. The van der Waals surface area contributed by atoms with Crippen molar-refractivity contribution < 1.29 is 9.18 Å². The topological polar surface area (TPSA) is 103 Å². The summed E-state index contributed by atoms with van der Waals surface area (Å²) in [6, 6.07) is 2.77. The lowest BCUT2D eigenvalue weighted by molar-refractivity contribution is 0.243. The summed E-state index contributed by atoms with van der Waals surface area (Å²) in [5, 5.41) is 15.8. The second-order valence-electron chi connectivity index (χ2n) is 4.09. The molecule has 0 unspecified atom stereocenters. The van der Waals surface area contributed by atoms with Crippen molar-refractivity contribution in [2.45, 2.75) is 6.92 Å². The quantitative estimate of drug-likeness (QED) is 0.666. The predicted molar refractivity (Wildman–Crippen MR) is 79.8 cm³/mol. The first-order valence-electron chi connectivity index (χ1n) is 6.09. The van der Waals surface area contributed by atoms with Gasteiger partial charge in [0.05, 0.1) is 16.8 Å². The maximum absolute atomic E-state index is 13.2. The van der Waals surface area contributed by atoms with Crippen molar-refractivity contribution in [2.75, 3.05) is 7.05 Å². The van der Waals surface area contributed by atoms with Crippen LogP contribution < -0.4 is 10.7 Å². The summed E-state index contributed by atoms with van der Waals surface area (Å²) in [7, 11) is 1.46. The number of rotatable bonds is 3. The van der Waals surface area contributed by atoms with E-state index in [1.165, 1.54) is 30.6 Å². The molecular weight excluding hydrogens is 307 g/mol. The Morgan fingerprint density at radius 2 is 2.27 bits per heavy atom. The summed E-state index contributed by atoms with van der Waals surface area (Å²) >= 11 is 1.17. The fourth-order valence-corrected chi connectivity index (χ4v) is 2.48. The number of hydrogen-bond acceptors (Lipinski definition) is 6. The van der Waals surface area contributed by atoms with E-state index in [0.29, 0.717) is 21.2 Å². The minimum atomic E-state index is -0.487. The maximum Gasteiger partial charge on any atom is 0.334 e. The van der Waals surface area contributed by atoms with E-state index < -0.39 is 11.8 Å². The summed E-state index contributed by atoms with van der Waals surface area (Å²) in [5.41, 5.74) is 3.33. The van der Waals surface area contributed by atoms with Crippen LogP contribution in [0, 0.1) is 17.1 Å². The molecule has 0 spiro atoms. The van der Waals surface area contributed by atoms with E-state index in [1.54, 1.807) is 6.92 Å². The van der Waals surface area contributed by atoms with Gasteiger partial charge in [-0.2, -0.15) is 10.4 Å². The molecule has 0 aliphatic carbocycles. The summed E-state index contributed by atoms with van der Waals surface area (Å²) in [6.45, 7) is 1.64. The van der Waals surface area contributed by atoms with Crippen LogP contribution in [0.25, 0.3) is 10.6 Å². The molecular formula is C13H11FN6OS. The molecule has 2 heterocycles. The Morgan fingerprint density at radius 1 is 1.50 bits per heavy atom. The van der Waals surface area contributed by atoms with Crippen molar-refractivity contribution in [2.24, 2.45) is 5.10 Å². The van der Waals surface area contributed by atoms with Gasteiger partial charge in [-0.1, -0.05) is 0 Å². The number of carbonyl (C=O) groups excluding carboxylic acids is 1. The number of hydrogen-bond donors (Lipinski definition) is 2. The van der Waals surface area contributed by atoms with Gasteiger partial charge in [-0.05, 0) is 13.0 Å². The first-order valence-corrected chi connectivity index (χ1v) is 6.91. The molecule has 0 saturated carbocycles. The van der Waals surface area contributed by atoms with Crippen LogP contribution in [0.5, 0.6) is 0 Å². The van der Waals surface area contributed by atoms with Gasteiger partial charge in [0.25, 0.3) is 0 Å². The second kappa shape index (κ2) is 6.73. The van der Waals surface area contributed by atoms with Gasteiger partial charge in [-0.3, -0.25) is 4.98 Å². The Morgan fingerprint density at radius 3 is 2.91 bits per heavy atom. The van der Waals surface area contributed by atoms with Crippen molar-refractivity contribution in [3.63, 3.8) is 0 Å². The SMILES string of the molecule is CNC(=O)NN=C(C)c1sc(-c2cncc(F)c2)nc1C#N. The predicted octanol–water partition coefficient (Wildman–Crippen LogP) is 1.87. The molecule has 7 nitrogen and oxygen atoms in total. The van der Waals surface area contributed by atoms with Gasteiger partial charge in [-0.15, -0.1) is 11.3 Å². The lowest BCUT2D eigenvalue weighted by atomic mass is 10.3. The van der Waals surface area contributed by atoms with Gasteiger partial charge in [0.15, 0.2) is 5.69 Å². The lowest BCUT2D eigenvalue weighted by Gasteiger charge is -1.99. The van der Waals surface area contributed by atoms with Crippen molar-refractivity contribution in [3.05, 3.63) is 34.8 Å². The molecule has 0 aliphatic rings. The van der Waals surface area contributed by atoms with Gasteiger partial charge in [-0.25, -0.2) is 19.6 Å². The Bertz CT molecular complexity index is 779. The number of amides is 2. The summed E-state index contributed by atoms with van der Waals surface area (Å²) in [4.78, 5) is 19.5. The fourth-order valence-electron chi connectivity index (χ4n) is 1.53. The van der Waals surface area contributed by atoms with Crippen LogP contribution in [0.2, 0.25) is 0 Å². The van der Waals surface area contributed by atoms with E-state index in [1.807, 2.05) is 6.07 Å². The number of urea groups is 1. The highest BCUT2D eigenvalue weighted by atomic mass is 32.1. The first kappa shape index (κ1) is 15.5. The van der Waals surface area contributed by atoms with Crippen molar-refractivity contribution >= 4 is 23.1 Å². The van der Waals surface area contributed by atoms with E-state index in [0.717, 1.165) is 6.20 Å². The van der Waals surface area contributed by atoms with Gasteiger partial charge in [0.1, 0.15) is 16.9 Å². The number of halogens is 1. The molecule has 0 bridgehead atoms. The third-order valence-electron chi connectivity index (χ3n) is 2.57. The molecule has 2 aromatic heterocycles. The molecule has 9 heteroatoms. The number of nitrogens with one attached hydrogen (secondary N) is 2. The third kappa shape index (κ3) is 3.42. The fraction of sp³-hybridized carbons (Fsp3) is 0.154. The van der Waals surface area contributed by atoms with E-state index in [-0.39, 0.29) is 5.69 Å². The number of hydrazone groups is 1. The van der Waals surface area contributed by atoms with E-state index in [2.05, 4.69) is 25.8 Å². The Kier molecular flexibility index (Phi) is 4.75. The van der Waals surface area contributed by atoms with Crippen molar-refractivity contribution in [1.29, 1.82) is 5.26 Å². The van der Waals surface area contributed by atoms with Crippen LogP contribution in [0.4, 0.5) is 9.18 Å². The molecule has 0 radical (unpaired) electrons. The van der Waals surface area contributed by atoms with Gasteiger partial charge in [0.2, 0.25) is 0 Å².